The molecular weight excluding hydrogens is 190 g/mol. The SMILES string of the molecule is NNC(=Nc1ccccc1)c1ccn[nH]1. The summed E-state index contributed by atoms with van der Waals surface area (Å²) in [4.78, 5) is 4.33. The first-order chi connectivity index (χ1) is 7.40. The summed E-state index contributed by atoms with van der Waals surface area (Å²) in [5.74, 6) is 5.94. The van der Waals surface area contributed by atoms with Crippen molar-refractivity contribution in [3.63, 3.8) is 0 Å². The minimum atomic E-state index is 0.554. The van der Waals surface area contributed by atoms with Gasteiger partial charge in [0, 0.05) is 6.20 Å². The van der Waals surface area contributed by atoms with Gasteiger partial charge in [-0.3, -0.25) is 5.10 Å². The highest BCUT2D eigenvalue weighted by atomic mass is 15.3. The molecule has 0 aliphatic carbocycles. The average molecular weight is 201 g/mol. The molecule has 0 amide bonds. The van der Waals surface area contributed by atoms with E-state index in [-0.39, 0.29) is 0 Å². The summed E-state index contributed by atoms with van der Waals surface area (Å²) < 4.78 is 0. The molecule has 0 saturated heterocycles. The van der Waals surface area contributed by atoms with Crippen LogP contribution in [0.15, 0.2) is 47.6 Å². The number of nitrogens with zero attached hydrogens (tertiary/aromatic N) is 2. The van der Waals surface area contributed by atoms with Gasteiger partial charge in [-0.2, -0.15) is 5.10 Å². The standard InChI is InChI=1S/C10H11N5/c11-14-10(9-6-7-12-15-9)13-8-4-2-1-3-5-8/h1-7H,11H2,(H,12,15)(H,13,14). The molecule has 0 saturated carbocycles. The predicted octanol–water partition coefficient (Wildman–Crippen LogP) is 0.951. The third kappa shape index (κ3) is 2.21. The molecule has 1 aromatic heterocycles. The van der Waals surface area contributed by atoms with Gasteiger partial charge < -0.3 is 5.43 Å². The zero-order chi connectivity index (χ0) is 10.5. The number of hydrogen-bond acceptors (Lipinski definition) is 3. The average Bonchev–Trinajstić information content (AvgIpc) is 2.81. The number of rotatable bonds is 2. The number of aromatic amines is 1. The zero-order valence-corrected chi connectivity index (χ0v) is 8.01. The number of nitrogens with two attached hydrogens (primary N) is 1. The summed E-state index contributed by atoms with van der Waals surface area (Å²) in [5.41, 5.74) is 4.12. The molecule has 0 atom stereocenters. The minimum absolute atomic E-state index is 0.554. The van der Waals surface area contributed by atoms with Crippen molar-refractivity contribution < 1.29 is 0 Å². The maximum Gasteiger partial charge on any atom is 0.166 e. The number of benzene rings is 1. The highest BCUT2D eigenvalue weighted by Gasteiger charge is 2.01. The van der Waals surface area contributed by atoms with Crippen LogP contribution in [0, 0.1) is 0 Å². The Kier molecular flexibility index (Phi) is 2.75. The van der Waals surface area contributed by atoms with Crippen molar-refractivity contribution in [1.82, 2.24) is 15.6 Å². The van der Waals surface area contributed by atoms with Crippen molar-refractivity contribution in [2.24, 2.45) is 10.8 Å². The summed E-state index contributed by atoms with van der Waals surface area (Å²) in [5, 5.41) is 6.62. The first kappa shape index (κ1) is 9.42. The van der Waals surface area contributed by atoms with Crippen LogP contribution in [0.3, 0.4) is 0 Å². The lowest BCUT2D eigenvalue weighted by atomic mass is 10.3. The second-order valence-corrected chi connectivity index (χ2v) is 2.91. The van der Waals surface area contributed by atoms with E-state index in [0.29, 0.717) is 5.84 Å². The third-order valence-electron chi connectivity index (χ3n) is 1.89. The summed E-state index contributed by atoms with van der Waals surface area (Å²) in [6.45, 7) is 0. The molecular formula is C10H11N5. The molecule has 4 N–H and O–H groups in total. The number of hydrazine groups is 1. The number of H-pyrrole nitrogens is 1. The van der Waals surface area contributed by atoms with Gasteiger partial charge in [-0.05, 0) is 18.2 Å². The van der Waals surface area contributed by atoms with E-state index >= 15 is 0 Å². The first-order valence-corrected chi connectivity index (χ1v) is 4.50. The Hall–Kier alpha value is -2.14. The summed E-state index contributed by atoms with van der Waals surface area (Å²) >= 11 is 0. The van der Waals surface area contributed by atoms with Gasteiger partial charge in [0.15, 0.2) is 5.84 Å². The smallest absolute Gasteiger partial charge is 0.166 e. The van der Waals surface area contributed by atoms with Gasteiger partial charge in [0.25, 0.3) is 0 Å². The van der Waals surface area contributed by atoms with E-state index in [1.54, 1.807) is 12.3 Å². The van der Waals surface area contributed by atoms with Gasteiger partial charge in [-0.25, -0.2) is 10.8 Å². The predicted molar refractivity (Wildman–Crippen MR) is 58.5 cm³/mol. The maximum absolute atomic E-state index is 5.38. The molecule has 0 unspecified atom stereocenters. The van der Waals surface area contributed by atoms with E-state index < -0.39 is 0 Å². The monoisotopic (exact) mass is 201 g/mol. The lowest BCUT2D eigenvalue weighted by Gasteiger charge is -2.02. The van der Waals surface area contributed by atoms with E-state index in [0.717, 1.165) is 11.4 Å². The summed E-state index contributed by atoms with van der Waals surface area (Å²) in [6, 6.07) is 11.4. The van der Waals surface area contributed by atoms with Crippen LogP contribution in [-0.4, -0.2) is 16.0 Å². The zero-order valence-electron chi connectivity index (χ0n) is 8.01. The van der Waals surface area contributed by atoms with Gasteiger partial charge in [0.1, 0.15) is 5.69 Å². The lowest BCUT2D eigenvalue weighted by Crippen LogP contribution is -2.31. The van der Waals surface area contributed by atoms with Crippen LogP contribution in [0.5, 0.6) is 0 Å². The number of nitrogens with one attached hydrogen (secondary N) is 2. The molecule has 5 nitrogen and oxygen atoms in total. The van der Waals surface area contributed by atoms with Crippen LogP contribution >= 0.6 is 0 Å². The highest BCUT2D eigenvalue weighted by Crippen LogP contribution is 2.10. The lowest BCUT2D eigenvalue weighted by molar-refractivity contribution is 0.996. The number of para-hydroxylation sites is 1. The molecule has 1 aromatic carbocycles. The Morgan fingerprint density at radius 3 is 2.67 bits per heavy atom. The molecule has 0 fully saturated rings. The molecule has 76 valence electrons. The van der Waals surface area contributed by atoms with Gasteiger partial charge in [0.2, 0.25) is 0 Å². The van der Waals surface area contributed by atoms with Crippen molar-refractivity contribution in [2.75, 3.05) is 0 Å². The molecule has 5 heteroatoms. The minimum Gasteiger partial charge on any atom is -0.307 e. The Morgan fingerprint density at radius 1 is 1.27 bits per heavy atom. The molecule has 0 spiro atoms. The fourth-order valence-electron chi connectivity index (χ4n) is 1.19. The van der Waals surface area contributed by atoms with Crippen LogP contribution in [0.4, 0.5) is 5.69 Å². The van der Waals surface area contributed by atoms with Gasteiger partial charge in [-0.1, -0.05) is 18.2 Å². The second kappa shape index (κ2) is 4.39. The Morgan fingerprint density at radius 2 is 2.07 bits per heavy atom. The van der Waals surface area contributed by atoms with Crippen molar-refractivity contribution in [1.29, 1.82) is 0 Å². The Labute approximate surface area is 87.0 Å². The molecule has 0 aliphatic rings. The number of aromatic nitrogens is 2. The van der Waals surface area contributed by atoms with Crippen molar-refractivity contribution in [3.05, 3.63) is 48.3 Å². The van der Waals surface area contributed by atoms with Crippen molar-refractivity contribution >= 4 is 11.5 Å². The van der Waals surface area contributed by atoms with E-state index in [1.807, 2.05) is 30.3 Å². The molecule has 0 radical (unpaired) electrons. The number of amidine groups is 1. The van der Waals surface area contributed by atoms with Crippen LogP contribution in [0.2, 0.25) is 0 Å². The van der Waals surface area contributed by atoms with E-state index in [4.69, 9.17) is 5.84 Å². The van der Waals surface area contributed by atoms with E-state index in [9.17, 15) is 0 Å². The molecule has 1 heterocycles. The fraction of sp³-hybridized carbons (Fsp3) is 0. The molecule has 0 bridgehead atoms. The van der Waals surface area contributed by atoms with E-state index in [1.165, 1.54) is 0 Å². The number of hydrogen-bond donors (Lipinski definition) is 3. The molecule has 0 aliphatic heterocycles. The molecule has 2 aromatic rings. The van der Waals surface area contributed by atoms with Crippen LogP contribution in [0.1, 0.15) is 5.69 Å². The number of aliphatic imine (C=N–C) groups is 1. The van der Waals surface area contributed by atoms with Crippen molar-refractivity contribution in [2.45, 2.75) is 0 Å². The van der Waals surface area contributed by atoms with Gasteiger partial charge in [-0.15, -0.1) is 0 Å². The molecule has 15 heavy (non-hydrogen) atoms. The molecule has 2 rings (SSSR count). The first-order valence-electron chi connectivity index (χ1n) is 4.50. The van der Waals surface area contributed by atoms with Crippen LogP contribution in [-0.2, 0) is 0 Å². The summed E-state index contributed by atoms with van der Waals surface area (Å²) in [7, 11) is 0. The quantitative estimate of drug-likeness (QED) is 0.293. The van der Waals surface area contributed by atoms with Gasteiger partial charge in [0.05, 0.1) is 5.69 Å². The highest BCUT2D eigenvalue weighted by molar-refractivity contribution is 5.98. The fourth-order valence-corrected chi connectivity index (χ4v) is 1.19. The largest absolute Gasteiger partial charge is 0.307 e. The summed E-state index contributed by atoms with van der Waals surface area (Å²) in [6.07, 6.45) is 1.65. The van der Waals surface area contributed by atoms with Crippen molar-refractivity contribution in [3.8, 4) is 0 Å². The second-order valence-electron chi connectivity index (χ2n) is 2.91. The van der Waals surface area contributed by atoms with Gasteiger partial charge >= 0.3 is 0 Å². The topological polar surface area (TPSA) is 79.1 Å². The Balaban J connectivity index is 2.32. The van der Waals surface area contributed by atoms with Crippen LogP contribution < -0.4 is 11.3 Å². The van der Waals surface area contributed by atoms with Crippen LogP contribution in [0.25, 0.3) is 0 Å². The van der Waals surface area contributed by atoms with E-state index in [2.05, 4.69) is 20.6 Å². The Bertz CT molecular complexity index is 432. The maximum atomic E-state index is 5.38. The third-order valence-corrected chi connectivity index (χ3v) is 1.89. The normalized spacial score (nSPS) is 11.4.